The van der Waals surface area contributed by atoms with Gasteiger partial charge in [-0.25, -0.2) is 0 Å². The summed E-state index contributed by atoms with van der Waals surface area (Å²) in [5, 5.41) is 3.53. The molecular formula is C13H17N3O. The summed E-state index contributed by atoms with van der Waals surface area (Å²) in [5.41, 5.74) is 3.35. The summed E-state index contributed by atoms with van der Waals surface area (Å²) in [6, 6.07) is 3.66. The van der Waals surface area contributed by atoms with Gasteiger partial charge in [0, 0.05) is 30.1 Å². The number of nitrogens with one attached hydrogen (secondary N) is 2. The van der Waals surface area contributed by atoms with Crippen molar-refractivity contribution < 1.29 is 0 Å². The molecule has 0 radical (unpaired) electrons. The molecule has 4 nitrogen and oxygen atoms in total. The van der Waals surface area contributed by atoms with E-state index in [9.17, 15) is 4.79 Å². The van der Waals surface area contributed by atoms with Crippen LogP contribution in [0.2, 0.25) is 0 Å². The van der Waals surface area contributed by atoms with E-state index in [0.29, 0.717) is 6.04 Å². The van der Waals surface area contributed by atoms with E-state index in [-0.39, 0.29) is 5.43 Å². The number of pyridine rings is 1. The van der Waals surface area contributed by atoms with Gasteiger partial charge in [-0.3, -0.25) is 4.79 Å². The number of hydrogen-bond donors (Lipinski definition) is 2. The lowest BCUT2D eigenvalue weighted by atomic mass is 10.0. The zero-order valence-corrected chi connectivity index (χ0v) is 9.99. The second-order valence-corrected chi connectivity index (χ2v) is 4.74. The van der Waals surface area contributed by atoms with Crippen molar-refractivity contribution in [3.63, 3.8) is 0 Å². The van der Waals surface area contributed by atoms with Crippen LogP contribution in [0.5, 0.6) is 0 Å². The van der Waals surface area contributed by atoms with Gasteiger partial charge in [-0.2, -0.15) is 0 Å². The molecule has 0 aromatic carbocycles. The molecular weight excluding hydrogens is 214 g/mol. The quantitative estimate of drug-likeness (QED) is 0.785. The van der Waals surface area contributed by atoms with Crippen LogP contribution < -0.4 is 10.7 Å². The van der Waals surface area contributed by atoms with Gasteiger partial charge in [0.25, 0.3) is 0 Å². The minimum atomic E-state index is 0.0504. The number of aryl methyl sites for hydroxylation is 1. The summed E-state index contributed by atoms with van der Waals surface area (Å²) < 4.78 is 2.05. The summed E-state index contributed by atoms with van der Waals surface area (Å²) >= 11 is 0. The van der Waals surface area contributed by atoms with Crippen molar-refractivity contribution in [1.82, 2.24) is 14.7 Å². The third-order valence-electron chi connectivity index (χ3n) is 3.60. The maximum atomic E-state index is 11.3. The average Bonchev–Trinajstić information content (AvgIpc) is 2.67. The number of rotatable bonds is 1. The second kappa shape index (κ2) is 4.04. The van der Waals surface area contributed by atoms with Gasteiger partial charge in [0.1, 0.15) is 5.65 Å². The Hall–Kier alpha value is -1.55. The Morgan fingerprint density at radius 2 is 2.29 bits per heavy atom. The molecule has 1 aliphatic heterocycles. The van der Waals surface area contributed by atoms with E-state index in [2.05, 4.69) is 17.2 Å². The van der Waals surface area contributed by atoms with Crippen molar-refractivity contribution in [3.8, 4) is 0 Å². The molecule has 3 rings (SSSR count). The average molecular weight is 231 g/mol. The Morgan fingerprint density at radius 3 is 3.06 bits per heavy atom. The first kappa shape index (κ1) is 10.6. The molecule has 90 valence electrons. The smallest absolute Gasteiger partial charge is 0.183 e. The van der Waals surface area contributed by atoms with Crippen LogP contribution >= 0.6 is 0 Å². The molecule has 0 amide bonds. The molecule has 1 saturated heterocycles. The monoisotopic (exact) mass is 231 g/mol. The predicted molar refractivity (Wildman–Crippen MR) is 67.3 cm³/mol. The molecule has 1 aliphatic rings. The van der Waals surface area contributed by atoms with Crippen molar-refractivity contribution in [2.24, 2.45) is 0 Å². The number of fused-ring (bicyclic) bond motifs is 1. The van der Waals surface area contributed by atoms with Crippen LogP contribution in [0.1, 0.15) is 36.7 Å². The van der Waals surface area contributed by atoms with E-state index in [1.807, 2.05) is 10.6 Å². The summed E-state index contributed by atoms with van der Waals surface area (Å²) in [6.07, 6.45) is 5.53. The van der Waals surface area contributed by atoms with Crippen LogP contribution in [0.3, 0.4) is 0 Å². The Morgan fingerprint density at radius 1 is 1.41 bits per heavy atom. The lowest BCUT2D eigenvalue weighted by molar-refractivity contribution is 0.405. The van der Waals surface area contributed by atoms with Crippen LogP contribution in [0.15, 0.2) is 23.1 Å². The molecule has 3 heterocycles. The fraction of sp³-hybridized carbons (Fsp3) is 0.462. The molecule has 2 aromatic rings. The Balaban J connectivity index is 2.10. The van der Waals surface area contributed by atoms with Crippen LogP contribution in [-0.4, -0.2) is 15.9 Å². The third-order valence-corrected chi connectivity index (χ3v) is 3.60. The number of H-pyrrole nitrogens is 1. The number of imidazole rings is 1. The molecule has 1 atom stereocenters. The van der Waals surface area contributed by atoms with E-state index >= 15 is 0 Å². The first-order chi connectivity index (χ1) is 8.25. The third kappa shape index (κ3) is 1.78. The summed E-state index contributed by atoms with van der Waals surface area (Å²) in [7, 11) is 0. The number of piperidine rings is 1. The number of aromatic nitrogens is 2. The summed E-state index contributed by atoms with van der Waals surface area (Å²) in [6.45, 7) is 3.18. The van der Waals surface area contributed by atoms with E-state index in [0.717, 1.165) is 12.2 Å². The highest BCUT2D eigenvalue weighted by molar-refractivity contribution is 5.43. The van der Waals surface area contributed by atoms with Gasteiger partial charge in [-0.1, -0.05) is 6.42 Å². The predicted octanol–water partition coefficient (Wildman–Crippen LogP) is 1.75. The maximum Gasteiger partial charge on any atom is 0.183 e. The molecule has 0 bridgehead atoms. The summed E-state index contributed by atoms with van der Waals surface area (Å²) in [5.74, 6) is 0. The zero-order chi connectivity index (χ0) is 11.8. The minimum absolute atomic E-state index is 0.0504. The minimum Gasteiger partial charge on any atom is -0.342 e. The van der Waals surface area contributed by atoms with Crippen LogP contribution in [0.25, 0.3) is 5.65 Å². The lowest BCUT2D eigenvalue weighted by Gasteiger charge is -2.22. The van der Waals surface area contributed by atoms with Gasteiger partial charge in [-0.15, -0.1) is 0 Å². The van der Waals surface area contributed by atoms with Crippen molar-refractivity contribution in [2.45, 2.75) is 32.2 Å². The van der Waals surface area contributed by atoms with Crippen LogP contribution in [-0.2, 0) is 0 Å². The Kier molecular flexibility index (Phi) is 2.52. The first-order valence-corrected chi connectivity index (χ1v) is 6.20. The van der Waals surface area contributed by atoms with E-state index in [1.54, 1.807) is 12.1 Å². The van der Waals surface area contributed by atoms with E-state index < -0.39 is 0 Å². The molecule has 0 spiro atoms. The van der Waals surface area contributed by atoms with Gasteiger partial charge < -0.3 is 14.7 Å². The van der Waals surface area contributed by atoms with E-state index in [4.69, 9.17) is 0 Å². The molecule has 0 aliphatic carbocycles. The highest BCUT2D eigenvalue weighted by Gasteiger charge is 2.19. The highest BCUT2D eigenvalue weighted by Crippen LogP contribution is 2.25. The van der Waals surface area contributed by atoms with Crippen LogP contribution in [0.4, 0.5) is 0 Å². The standard InChI is InChI=1S/C13H17N3O/c1-9-13(11-4-2-3-6-14-11)15-12-8-10(17)5-7-16(9)12/h5,7-8,11,14-15H,2-4,6H2,1H3. The number of hydrogen-bond acceptors (Lipinski definition) is 2. The number of aromatic amines is 1. The van der Waals surface area contributed by atoms with Crippen molar-refractivity contribution >= 4 is 5.65 Å². The molecule has 4 heteroatoms. The van der Waals surface area contributed by atoms with Crippen molar-refractivity contribution in [3.05, 3.63) is 39.9 Å². The fourth-order valence-electron chi connectivity index (χ4n) is 2.67. The number of nitrogens with zero attached hydrogens (tertiary/aromatic N) is 1. The fourth-order valence-corrected chi connectivity index (χ4v) is 2.67. The molecule has 2 N–H and O–H groups in total. The zero-order valence-electron chi connectivity index (χ0n) is 9.99. The van der Waals surface area contributed by atoms with Gasteiger partial charge in [0.2, 0.25) is 0 Å². The van der Waals surface area contributed by atoms with Crippen LogP contribution in [0, 0.1) is 6.92 Å². The highest BCUT2D eigenvalue weighted by atomic mass is 16.1. The normalized spacial score (nSPS) is 20.9. The first-order valence-electron chi connectivity index (χ1n) is 6.20. The molecule has 1 unspecified atom stereocenters. The largest absolute Gasteiger partial charge is 0.342 e. The molecule has 17 heavy (non-hydrogen) atoms. The van der Waals surface area contributed by atoms with Gasteiger partial charge in [0.15, 0.2) is 5.43 Å². The SMILES string of the molecule is Cc1c(C2CCCCN2)[nH]c2cc(=O)ccn12. The van der Waals surface area contributed by atoms with Gasteiger partial charge in [-0.05, 0) is 26.3 Å². The second-order valence-electron chi connectivity index (χ2n) is 4.74. The van der Waals surface area contributed by atoms with Crippen molar-refractivity contribution in [2.75, 3.05) is 6.54 Å². The molecule has 0 saturated carbocycles. The Labute approximate surface area is 99.7 Å². The molecule has 2 aromatic heterocycles. The van der Waals surface area contributed by atoms with E-state index in [1.165, 1.54) is 30.7 Å². The van der Waals surface area contributed by atoms with Gasteiger partial charge in [0.05, 0.1) is 5.69 Å². The summed E-state index contributed by atoms with van der Waals surface area (Å²) in [4.78, 5) is 14.7. The lowest BCUT2D eigenvalue weighted by Crippen LogP contribution is -2.27. The molecule has 1 fully saturated rings. The maximum absolute atomic E-state index is 11.3. The Bertz CT molecular complexity index is 590. The topological polar surface area (TPSA) is 49.3 Å². The van der Waals surface area contributed by atoms with Gasteiger partial charge >= 0.3 is 0 Å². The van der Waals surface area contributed by atoms with Crippen molar-refractivity contribution in [1.29, 1.82) is 0 Å².